The fraction of sp³-hybridized carbons (Fsp3) is 0.167. The molecule has 0 aromatic heterocycles. The van der Waals surface area contributed by atoms with Crippen LogP contribution < -0.4 is 9.47 Å². The summed E-state index contributed by atoms with van der Waals surface area (Å²) in [5.41, 5.74) is -0.231. The molecule has 0 fully saturated rings. The van der Waals surface area contributed by atoms with Crippen molar-refractivity contribution in [1.82, 2.24) is 0 Å². The van der Waals surface area contributed by atoms with E-state index < -0.39 is 11.9 Å². The van der Waals surface area contributed by atoms with Crippen LogP contribution in [0.15, 0.2) is 24.3 Å². The fourth-order valence-corrected chi connectivity index (χ4v) is 1.40. The highest BCUT2D eigenvalue weighted by Crippen LogP contribution is 2.30. The zero-order valence-electron chi connectivity index (χ0n) is 9.84. The lowest BCUT2D eigenvalue weighted by atomic mass is 10.0. The van der Waals surface area contributed by atoms with Crippen molar-refractivity contribution in [2.45, 2.75) is 0 Å². The maximum Gasteiger partial charge on any atom is 0.336 e. The van der Waals surface area contributed by atoms with Crippen LogP contribution in [-0.4, -0.2) is 36.4 Å². The number of benzene rings is 1. The van der Waals surface area contributed by atoms with E-state index in [0.717, 1.165) is 0 Å². The molecule has 1 aromatic rings. The molecule has 0 saturated heterocycles. The van der Waals surface area contributed by atoms with Crippen LogP contribution in [0.5, 0.6) is 11.5 Å². The number of hydrogen-bond acceptors (Lipinski definition) is 4. The van der Waals surface area contributed by atoms with E-state index in [1.165, 1.54) is 26.4 Å². The average Bonchev–Trinajstić information content (AvgIpc) is 2.34. The first-order chi connectivity index (χ1) is 8.49. The van der Waals surface area contributed by atoms with Gasteiger partial charge in [-0.25, -0.2) is 9.59 Å². The predicted molar refractivity (Wildman–Crippen MR) is 62.8 cm³/mol. The van der Waals surface area contributed by atoms with Crippen LogP contribution in [0.3, 0.4) is 0 Å². The lowest BCUT2D eigenvalue weighted by Crippen LogP contribution is -2.05. The number of carboxylic acid groups (broad SMARTS) is 2. The lowest BCUT2D eigenvalue weighted by Gasteiger charge is -2.10. The van der Waals surface area contributed by atoms with Gasteiger partial charge in [0.25, 0.3) is 0 Å². The third-order valence-electron chi connectivity index (χ3n) is 2.20. The summed E-state index contributed by atoms with van der Waals surface area (Å²) >= 11 is 0. The van der Waals surface area contributed by atoms with Crippen molar-refractivity contribution >= 4 is 17.5 Å². The fourth-order valence-electron chi connectivity index (χ4n) is 1.40. The summed E-state index contributed by atoms with van der Waals surface area (Å²) in [5, 5.41) is 17.7. The van der Waals surface area contributed by atoms with Crippen molar-refractivity contribution in [2.75, 3.05) is 14.2 Å². The predicted octanol–water partition coefficient (Wildman–Crippen LogP) is 1.26. The van der Waals surface area contributed by atoms with E-state index >= 15 is 0 Å². The highest BCUT2D eigenvalue weighted by molar-refractivity contribution is 6.20. The first-order valence-electron chi connectivity index (χ1n) is 4.90. The molecule has 0 aliphatic rings. The molecule has 18 heavy (non-hydrogen) atoms. The number of aliphatic carboxylic acids is 2. The van der Waals surface area contributed by atoms with Gasteiger partial charge in [-0.3, -0.25) is 0 Å². The van der Waals surface area contributed by atoms with Gasteiger partial charge in [0, 0.05) is 11.6 Å². The van der Waals surface area contributed by atoms with Gasteiger partial charge in [0.2, 0.25) is 0 Å². The van der Waals surface area contributed by atoms with Crippen LogP contribution in [0.25, 0.3) is 5.57 Å². The van der Waals surface area contributed by atoms with Crippen molar-refractivity contribution in [1.29, 1.82) is 0 Å². The largest absolute Gasteiger partial charge is 0.497 e. The van der Waals surface area contributed by atoms with E-state index in [1.807, 2.05) is 0 Å². The number of carboxylic acids is 2. The molecule has 0 heterocycles. The maximum absolute atomic E-state index is 11.1. The van der Waals surface area contributed by atoms with Crippen molar-refractivity contribution in [3.8, 4) is 11.5 Å². The number of methoxy groups -OCH3 is 2. The third kappa shape index (κ3) is 3.00. The SMILES string of the molecule is COc1ccc(OC)c(/C(=C/C(=O)O)C(=O)O)c1. The summed E-state index contributed by atoms with van der Waals surface area (Å²) in [6.07, 6.45) is 0.611. The molecule has 2 N–H and O–H groups in total. The van der Waals surface area contributed by atoms with Crippen molar-refractivity contribution in [3.63, 3.8) is 0 Å². The summed E-state index contributed by atoms with van der Waals surface area (Å²) in [6.45, 7) is 0. The molecule has 1 aromatic carbocycles. The molecule has 6 nitrogen and oxygen atoms in total. The molecule has 0 bridgehead atoms. The molecular weight excluding hydrogens is 240 g/mol. The summed E-state index contributed by atoms with van der Waals surface area (Å²) in [4.78, 5) is 21.7. The highest BCUT2D eigenvalue weighted by Gasteiger charge is 2.17. The van der Waals surface area contributed by atoms with E-state index in [4.69, 9.17) is 19.7 Å². The van der Waals surface area contributed by atoms with E-state index in [1.54, 1.807) is 6.07 Å². The molecule has 96 valence electrons. The molecule has 0 aliphatic heterocycles. The van der Waals surface area contributed by atoms with E-state index in [9.17, 15) is 9.59 Å². The summed E-state index contributed by atoms with van der Waals surface area (Å²) in [5.74, 6) is -2.05. The summed E-state index contributed by atoms with van der Waals surface area (Å²) < 4.78 is 9.97. The van der Waals surface area contributed by atoms with Crippen molar-refractivity contribution in [2.24, 2.45) is 0 Å². The summed E-state index contributed by atoms with van der Waals surface area (Å²) in [6, 6.07) is 4.50. The normalized spacial score (nSPS) is 10.9. The minimum absolute atomic E-state index is 0.145. The first kappa shape index (κ1) is 13.6. The molecule has 0 saturated carbocycles. The van der Waals surface area contributed by atoms with Crippen LogP contribution in [0, 0.1) is 0 Å². The van der Waals surface area contributed by atoms with E-state index in [-0.39, 0.29) is 16.9 Å². The third-order valence-corrected chi connectivity index (χ3v) is 2.20. The first-order valence-corrected chi connectivity index (χ1v) is 4.90. The molecule has 0 spiro atoms. The molecule has 0 aliphatic carbocycles. The Bertz CT molecular complexity index is 503. The van der Waals surface area contributed by atoms with Crippen molar-refractivity contribution < 1.29 is 29.3 Å². The Labute approximate surface area is 103 Å². The van der Waals surface area contributed by atoms with Gasteiger partial charge < -0.3 is 19.7 Å². The second-order valence-electron chi connectivity index (χ2n) is 3.27. The average molecular weight is 252 g/mol. The number of ether oxygens (including phenoxy) is 2. The van der Waals surface area contributed by atoms with Crippen molar-refractivity contribution in [3.05, 3.63) is 29.8 Å². The van der Waals surface area contributed by atoms with Gasteiger partial charge in [-0.2, -0.15) is 0 Å². The van der Waals surface area contributed by atoms with Crippen LogP contribution in [0.2, 0.25) is 0 Å². The monoisotopic (exact) mass is 252 g/mol. The molecule has 1 rings (SSSR count). The van der Waals surface area contributed by atoms with Gasteiger partial charge in [-0.15, -0.1) is 0 Å². The van der Waals surface area contributed by atoms with Crippen LogP contribution in [0.1, 0.15) is 5.56 Å². The zero-order chi connectivity index (χ0) is 13.7. The maximum atomic E-state index is 11.1. The lowest BCUT2D eigenvalue weighted by molar-refractivity contribution is -0.133. The Morgan fingerprint density at radius 1 is 1.17 bits per heavy atom. The topological polar surface area (TPSA) is 93.1 Å². The second kappa shape index (κ2) is 5.72. The van der Waals surface area contributed by atoms with Gasteiger partial charge in [0.05, 0.1) is 19.8 Å². The molecule has 0 radical (unpaired) electrons. The second-order valence-corrected chi connectivity index (χ2v) is 3.27. The Morgan fingerprint density at radius 3 is 2.28 bits per heavy atom. The van der Waals surface area contributed by atoms with Gasteiger partial charge in [0.15, 0.2) is 0 Å². The molecule has 0 unspecified atom stereocenters. The van der Waals surface area contributed by atoms with Gasteiger partial charge in [-0.1, -0.05) is 0 Å². The minimum Gasteiger partial charge on any atom is -0.497 e. The van der Waals surface area contributed by atoms with Gasteiger partial charge >= 0.3 is 11.9 Å². The molecule has 6 heteroatoms. The van der Waals surface area contributed by atoms with Crippen LogP contribution in [0.4, 0.5) is 0 Å². The summed E-state index contributed by atoms with van der Waals surface area (Å²) in [7, 11) is 2.79. The van der Waals surface area contributed by atoms with E-state index in [0.29, 0.717) is 11.8 Å². The smallest absolute Gasteiger partial charge is 0.336 e. The molecular formula is C12H12O6. The van der Waals surface area contributed by atoms with Gasteiger partial charge in [-0.05, 0) is 18.2 Å². The zero-order valence-corrected chi connectivity index (χ0v) is 9.84. The number of hydrogen-bond donors (Lipinski definition) is 2. The van der Waals surface area contributed by atoms with Crippen LogP contribution >= 0.6 is 0 Å². The van der Waals surface area contributed by atoms with Crippen LogP contribution in [-0.2, 0) is 9.59 Å². The Balaban J connectivity index is 3.43. The minimum atomic E-state index is -1.36. The Kier molecular flexibility index (Phi) is 4.31. The Hall–Kier alpha value is -2.50. The van der Waals surface area contributed by atoms with Gasteiger partial charge in [0.1, 0.15) is 11.5 Å². The molecule has 0 atom stereocenters. The Morgan fingerprint density at radius 2 is 1.83 bits per heavy atom. The quantitative estimate of drug-likeness (QED) is 0.766. The standard InChI is InChI=1S/C12H12O6/c1-17-7-3-4-10(18-2)8(5-7)9(12(15)16)6-11(13)14/h3-6H,1-2H3,(H,13,14)(H,15,16)/b9-6-. The van der Waals surface area contributed by atoms with E-state index in [2.05, 4.69) is 0 Å². The highest BCUT2D eigenvalue weighted by atomic mass is 16.5. The number of carbonyl (C=O) groups is 2. The molecule has 0 amide bonds. The number of rotatable bonds is 5.